The molecule has 8 nitrogen and oxygen atoms in total. The van der Waals surface area contributed by atoms with Gasteiger partial charge >= 0.3 is 6.03 Å². The van der Waals surface area contributed by atoms with E-state index in [2.05, 4.69) is 30.6 Å². The van der Waals surface area contributed by atoms with Crippen LogP contribution in [0, 0.1) is 11.3 Å². The summed E-state index contributed by atoms with van der Waals surface area (Å²) in [4.78, 5) is 29.4. The summed E-state index contributed by atoms with van der Waals surface area (Å²) in [5.74, 6) is 0.106. The number of aromatic nitrogens is 4. The van der Waals surface area contributed by atoms with Crippen LogP contribution >= 0.6 is 0 Å². The number of urea groups is 1. The first-order valence-electron chi connectivity index (χ1n) is 8.72. The summed E-state index contributed by atoms with van der Waals surface area (Å²) in [6.45, 7) is 0. The van der Waals surface area contributed by atoms with Crippen LogP contribution in [-0.2, 0) is 5.54 Å². The second-order valence-corrected chi connectivity index (χ2v) is 6.51. The number of benzene rings is 1. The Labute approximate surface area is 155 Å². The molecule has 2 N–H and O–H groups in total. The fraction of sp³-hybridized carbons (Fsp3) is 0.263. The standard InChI is InChI=1S/C19H17N7O/c20-12-17-23-8-5-16(25-17)19(6-1-2-7-19)26-18(27)24-13-3-4-14-15(11-13)22-10-9-21-14/h3-5,8-11H,1-2,6-7H2,(H2,24,26,27). The van der Waals surface area contributed by atoms with Gasteiger partial charge in [-0.3, -0.25) is 9.97 Å². The minimum absolute atomic E-state index is 0.106. The molecule has 134 valence electrons. The number of anilines is 1. The van der Waals surface area contributed by atoms with Crippen LogP contribution in [0.25, 0.3) is 11.0 Å². The quantitative estimate of drug-likeness (QED) is 0.743. The molecule has 0 saturated heterocycles. The monoisotopic (exact) mass is 359 g/mol. The fourth-order valence-electron chi connectivity index (χ4n) is 3.52. The van der Waals surface area contributed by atoms with E-state index in [-0.39, 0.29) is 11.9 Å². The van der Waals surface area contributed by atoms with Crippen molar-refractivity contribution < 1.29 is 4.79 Å². The molecule has 2 amide bonds. The molecular weight excluding hydrogens is 342 g/mol. The number of hydrogen-bond acceptors (Lipinski definition) is 6. The smallest absolute Gasteiger partial charge is 0.319 e. The minimum Gasteiger partial charge on any atom is -0.327 e. The topological polar surface area (TPSA) is 116 Å². The molecule has 1 fully saturated rings. The van der Waals surface area contributed by atoms with Crippen molar-refractivity contribution in [1.82, 2.24) is 25.3 Å². The van der Waals surface area contributed by atoms with E-state index in [0.29, 0.717) is 16.9 Å². The Morgan fingerprint density at radius 2 is 1.81 bits per heavy atom. The van der Waals surface area contributed by atoms with Crippen molar-refractivity contribution in [2.75, 3.05) is 5.32 Å². The van der Waals surface area contributed by atoms with Crippen molar-refractivity contribution in [3.05, 3.63) is 54.4 Å². The van der Waals surface area contributed by atoms with Gasteiger partial charge in [0, 0.05) is 24.3 Å². The number of carbonyl (C=O) groups excluding carboxylic acids is 1. The third kappa shape index (κ3) is 3.40. The lowest BCUT2D eigenvalue weighted by atomic mass is 9.93. The highest BCUT2D eigenvalue weighted by atomic mass is 16.2. The number of nitrogens with one attached hydrogen (secondary N) is 2. The Kier molecular flexibility index (Phi) is 4.34. The van der Waals surface area contributed by atoms with Crippen molar-refractivity contribution in [2.24, 2.45) is 0 Å². The van der Waals surface area contributed by atoms with Crippen molar-refractivity contribution in [3.63, 3.8) is 0 Å². The Morgan fingerprint density at radius 1 is 1.04 bits per heavy atom. The van der Waals surface area contributed by atoms with Crippen LogP contribution in [0.2, 0.25) is 0 Å². The van der Waals surface area contributed by atoms with Gasteiger partial charge in [0.25, 0.3) is 0 Å². The summed E-state index contributed by atoms with van der Waals surface area (Å²) >= 11 is 0. The Balaban J connectivity index is 1.56. The van der Waals surface area contributed by atoms with Crippen LogP contribution in [0.3, 0.4) is 0 Å². The van der Waals surface area contributed by atoms with Crippen molar-refractivity contribution in [1.29, 1.82) is 5.26 Å². The summed E-state index contributed by atoms with van der Waals surface area (Å²) in [5, 5.41) is 15.0. The molecule has 0 atom stereocenters. The molecule has 1 aliphatic rings. The molecule has 8 heteroatoms. The predicted molar refractivity (Wildman–Crippen MR) is 98.6 cm³/mol. The molecule has 3 aromatic rings. The van der Waals surface area contributed by atoms with E-state index in [1.165, 1.54) is 0 Å². The van der Waals surface area contributed by atoms with Crippen LogP contribution < -0.4 is 10.6 Å². The zero-order valence-electron chi connectivity index (χ0n) is 14.5. The number of nitriles is 1. The number of nitrogens with zero attached hydrogens (tertiary/aromatic N) is 5. The van der Waals surface area contributed by atoms with Gasteiger partial charge in [-0.15, -0.1) is 0 Å². The lowest BCUT2D eigenvalue weighted by Gasteiger charge is -2.29. The fourth-order valence-corrected chi connectivity index (χ4v) is 3.52. The molecule has 0 aliphatic heterocycles. The van der Waals surface area contributed by atoms with Gasteiger partial charge in [-0.1, -0.05) is 12.8 Å². The second kappa shape index (κ2) is 6.96. The maximum Gasteiger partial charge on any atom is 0.319 e. The highest BCUT2D eigenvalue weighted by Gasteiger charge is 2.38. The molecule has 2 heterocycles. The van der Waals surface area contributed by atoms with E-state index < -0.39 is 5.54 Å². The summed E-state index contributed by atoms with van der Waals surface area (Å²) < 4.78 is 0. The predicted octanol–water partition coefficient (Wildman–Crippen LogP) is 2.88. The second-order valence-electron chi connectivity index (χ2n) is 6.51. The van der Waals surface area contributed by atoms with Crippen molar-refractivity contribution >= 4 is 22.8 Å². The Morgan fingerprint density at radius 3 is 2.59 bits per heavy atom. The zero-order valence-corrected chi connectivity index (χ0v) is 14.5. The number of rotatable bonds is 3. The molecule has 0 spiro atoms. The van der Waals surface area contributed by atoms with E-state index in [9.17, 15) is 4.79 Å². The van der Waals surface area contributed by atoms with Gasteiger partial charge < -0.3 is 10.6 Å². The number of fused-ring (bicyclic) bond motifs is 1. The van der Waals surface area contributed by atoms with Crippen LogP contribution in [-0.4, -0.2) is 26.0 Å². The Hall–Kier alpha value is -3.60. The molecule has 1 aromatic carbocycles. The number of amides is 2. The number of carbonyl (C=O) groups is 1. The van der Waals surface area contributed by atoms with Gasteiger partial charge in [0.2, 0.25) is 5.82 Å². The maximum atomic E-state index is 12.7. The van der Waals surface area contributed by atoms with E-state index in [0.717, 1.165) is 31.2 Å². The summed E-state index contributed by atoms with van der Waals surface area (Å²) in [6.07, 6.45) is 8.31. The first kappa shape index (κ1) is 16.8. The first-order chi connectivity index (χ1) is 13.2. The molecule has 4 rings (SSSR count). The molecule has 0 radical (unpaired) electrons. The number of hydrogen-bond donors (Lipinski definition) is 2. The lowest BCUT2D eigenvalue weighted by molar-refractivity contribution is 0.235. The molecule has 27 heavy (non-hydrogen) atoms. The highest BCUT2D eigenvalue weighted by Crippen LogP contribution is 2.37. The first-order valence-corrected chi connectivity index (χ1v) is 8.72. The van der Waals surface area contributed by atoms with Gasteiger partial charge in [-0.25, -0.2) is 14.8 Å². The van der Waals surface area contributed by atoms with Gasteiger partial charge in [-0.05, 0) is 37.1 Å². The van der Waals surface area contributed by atoms with E-state index >= 15 is 0 Å². The molecule has 1 aliphatic carbocycles. The third-order valence-electron chi connectivity index (χ3n) is 4.78. The van der Waals surface area contributed by atoms with Gasteiger partial charge in [-0.2, -0.15) is 5.26 Å². The van der Waals surface area contributed by atoms with Gasteiger partial charge in [0.05, 0.1) is 22.3 Å². The van der Waals surface area contributed by atoms with E-state index in [4.69, 9.17) is 5.26 Å². The summed E-state index contributed by atoms with van der Waals surface area (Å²) in [6, 6.07) is 8.77. The average Bonchev–Trinajstić information content (AvgIpc) is 3.17. The largest absolute Gasteiger partial charge is 0.327 e. The van der Waals surface area contributed by atoms with E-state index in [1.807, 2.05) is 12.1 Å². The lowest BCUT2D eigenvalue weighted by Crippen LogP contribution is -2.46. The molecule has 0 unspecified atom stereocenters. The molecule has 0 bridgehead atoms. The third-order valence-corrected chi connectivity index (χ3v) is 4.78. The molecular formula is C19H17N7O. The van der Waals surface area contributed by atoms with Gasteiger partial charge in [0.15, 0.2) is 0 Å². The zero-order chi connectivity index (χ0) is 18.7. The highest BCUT2D eigenvalue weighted by molar-refractivity contribution is 5.92. The van der Waals surface area contributed by atoms with Crippen LogP contribution in [0.4, 0.5) is 10.5 Å². The normalized spacial score (nSPS) is 15.2. The average molecular weight is 359 g/mol. The van der Waals surface area contributed by atoms with Crippen LogP contribution in [0.15, 0.2) is 42.9 Å². The molecule has 2 aromatic heterocycles. The van der Waals surface area contributed by atoms with Gasteiger partial charge in [0.1, 0.15) is 6.07 Å². The summed E-state index contributed by atoms with van der Waals surface area (Å²) in [7, 11) is 0. The summed E-state index contributed by atoms with van der Waals surface area (Å²) in [5.41, 5.74) is 2.19. The SMILES string of the molecule is N#Cc1nccc(C2(NC(=O)Nc3ccc4nccnc4c3)CCCC2)n1. The van der Waals surface area contributed by atoms with E-state index in [1.54, 1.807) is 36.8 Å². The maximum absolute atomic E-state index is 12.7. The van der Waals surface area contributed by atoms with Crippen molar-refractivity contribution in [2.45, 2.75) is 31.2 Å². The van der Waals surface area contributed by atoms with Crippen LogP contribution in [0.1, 0.15) is 37.2 Å². The minimum atomic E-state index is -0.588. The molecule has 1 saturated carbocycles. The Bertz CT molecular complexity index is 1040. The van der Waals surface area contributed by atoms with Crippen LogP contribution in [0.5, 0.6) is 0 Å². The van der Waals surface area contributed by atoms with Crippen molar-refractivity contribution in [3.8, 4) is 6.07 Å².